The molecule has 2 bridgehead atoms. The fourth-order valence-electron chi connectivity index (χ4n) is 9.31. The number of aliphatic hydroxyl groups is 6. The number of hydrogen-bond donors (Lipinski definition) is 6. The average Bonchev–Trinajstić information content (AvgIpc) is 3.31. The largest absolute Gasteiger partial charge is 0.457 e. The number of carbonyl (C=O) groups excluding carboxylic acids is 3. The van der Waals surface area contributed by atoms with Crippen LogP contribution in [0, 0.1) is 11.8 Å². The first kappa shape index (κ1) is 57.7. The molecular formula is C49H84O20. The molecule has 0 saturated carbocycles. The highest BCUT2D eigenvalue weighted by molar-refractivity contribution is 5.72. The number of carbonyl (C=O) groups is 3. The lowest BCUT2D eigenvalue weighted by atomic mass is 9.95. The Balaban J connectivity index is 1.48. The summed E-state index contributed by atoms with van der Waals surface area (Å²) in [5.74, 6) is -3.14. The molecule has 20 nitrogen and oxygen atoms in total. The van der Waals surface area contributed by atoms with Crippen LogP contribution in [0.2, 0.25) is 0 Å². The summed E-state index contributed by atoms with van der Waals surface area (Å²) in [5.41, 5.74) is 0. The van der Waals surface area contributed by atoms with Gasteiger partial charge in [-0.15, -0.1) is 0 Å². The highest BCUT2D eigenvalue weighted by atomic mass is 16.8. The first-order chi connectivity index (χ1) is 32.8. The molecule has 5 rings (SSSR count). The summed E-state index contributed by atoms with van der Waals surface area (Å²) in [6, 6.07) is 0. The Hall–Kier alpha value is -2.15. The zero-order valence-electron chi connectivity index (χ0n) is 42.1. The van der Waals surface area contributed by atoms with Crippen LogP contribution in [0.1, 0.15) is 152 Å². The predicted octanol–water partition coefficient (Wildman–Crippen LogP) is 3.21. The summed E-state index contributed by atoms with van der Waals surface area (Å²) < 4.78 is 67.9. The van der Waals surface area contributed by atoms with Gasteiger partial charge in [-0.2, -0.15) is 0 Å². The van der Waals surface area contributed by atoms with Gasteiger partial charge in [0.1, 0.15) is 48.8 Å². The van der Waals surface area contributed by atoms with Crippen LogP contribution in [0.15, 0.2) is 0 Å². The van der Waals surface area contributed by atoms with Crippen molar-refractivity contribution in [2.24, 2.45) is 11.8 Å². The van der Waals surface area contributed by atoms with Crippen LogP contribution in [-0.2, 0) is 66.5 Å². The van der Waals surface area contributed by atoms with Gasteiger partial charge in [0.15, 0.2) is 49.6 Å². The second-order valence-electron chi connectivity index (χ2n) is 20.1. The zero-order chi connectivity index (χ0) is 50.7. The minimum atomic E-state index is -1.89. The van der Waals surface area contributed by atoms with Gasteiger partial charge in [-0.25, -0.2) is 0 Å². The minimum Gasteiger partial charge on any atom is -0.457 e. The molecule has 0 unspecified atom stereocenters. The number of fused-ring (bicyclic) bond motifs is 3. The van der Waals surface area contributed by atoms with Crippen molar-refractivity contribution < 1.29 is 97.1 Å². The monoisotopic (exact) mass is 993 g/mol. The molecule has 0 aromatic rings. The SMILES string of the molecule is CCCCC[C@@H]1CCCCCCCCCC(=O)O[C@H]2[C@H](O)[C@@H](C)O[C@@H](O[C@H]3[C@H](O1)O[C@H](C)[C@@H](O)[C@@H]3O)[C@@H]2O[C@@H]1O[C@@H](C)[C@H](O[C@@H]2O[C@H](C)[C@H](OC(=O)C(C)C)[C@H](O)[C@H]2O)[C@@H](OC(=O)[C@@H](C)CC)[C@H]1O. The van der Waals surface area contributed by atoms with Crippen LogP contribution in [0.25, 0.3) is 0 Å². The molecule has 400 valence electrons. The lowest BCUT2D eigenvalue weighted by molar-refractivity contribution is -0.397. The second kappa shape index (κ2) is 27.2. The Morgan fingerprint density at radius 3 is 1.80 bits per heavy atom. The summed E-state index contributed by atoms with van der Waals surface area (Å²) in [5, 5.41) is 69.1. The first-order valence-corrected chi connectivity index (χ1v) is 25.7. The maximum Gasteiger partial charge on any atom is 0.309 e. The Kier molecular flexibility index (Phi) is 22.8. The van der Waals surface area contributed by atoms with Crippen LogP contribution in [0.5, 0.6) is 0 Å². The highest BCUT2D eigenvalue weighted by Crippen LogP contribution is 2.38. The van der Waals surface area contributed by atoms with E-state index in [1.165, 1.54) is 20.8 Å². The van der Waals surface area contributed by atoms with Crippen LogP contribution in [0.4, 0.5) is 0 Å². The predicted molar refractivity (Wildman–Crippen MR) is 243 cm³/mol. The van der Waals surface area contributed by atoms with E-state index < -0.39 is 153 Å². The molecule has 0 amide bonds. The van der Waals surface area contributed by atoms with Crippen LogP contribution < -0.4 is 0 Å². The van der Waals surface area contributed by atoms with E-state index in [4.69, 9.17) is 52.1 Å². The molecule has 0 spiro atoms. The molecule has 0 aromatic carbocycles. The first-order valence-electron chi connectivity index (χ1n) is 25.7. The summed E-state index contributed by atoms with van der Waals surface area (Å²) in [4.78, 5) is 39.5. The van der Waals surface area contributed by atoms with Crippen LogP contribution in [-0.4, -0.2) is 177 Å². The molecule has 69 heavy (non-hydrogen) atoms. The molecule has 6 N–H and O–H groups in total. The van der Waals surface area contributed by atoms with Gasteiger partial charge < -0.3 is 82.7 Å². The van der Waals surface area contributed by atoms with Gasteiger partial charge in [-0.05, 0) is 53.4 Å². The summed E-state index contributed by atoms with van der Waals surface area (Å²) in [6.07, 6.45) is -18.2. The summed E-state index contributed by atoms with van der Waals surface area (Å²) in [7, 11) is 0. The molecule has 22 atom stereocenters. The maximum atomic E-state index is 13.6. The third-order valence-electron chi connectivity index (χ3n) is 14.1. The number of hydrogen-bond acceptors (Lipinski definition) is 20. The molecule has 5 heterocycles. The molecule has 5 fully saturated rings. The van der Waals surface area contributed by atoms with Crippen molar-refractivity contribution in [2.75, 3.05) is 0 Å². The van der Waals surface area contributed by atoms with Crippen molar-refractivity contribution in [3.63, 3.8) is 0 Å². The minimum absolute atomic E-state index is 0.0286. The number of aliphatic hydroxyl groups excluding tert-OH is 6. The van der Waals surface area contributed by atoms with Crippen LogP contribution in [0.3, 0.4) is 0 Å². The van der Waals surface area contributed by atoms with Gasteiger partial charge >= 0.3 is 17.9 Å². The van der Waals surface area contributed by atoms with Crippen molar-refractivity contribution in [3.05, 3.63) is 0 Å². The van der Waals surface area contributed by atoms with E-state index in [9.17, 15) is 45.0 Å². The number of ether oxygens (including phenoxy) is 11. The fourth-order valence-corrected chi connectivity index (χ4v) is 9.31. The molecule has 0 aromatic heterocycles. The summed E-state index contributed by atoms with van der Waals surface area (Å²) in [6.45, 7) is 14.9. The third-order valence-corrected chi connectivity index (χ3v) is 14.1. The van der Waals surface area contributed by atoms with Gasteiger partial charge in [0.2, 0.25) is 0 Å². The molecule has 5 aliphatic rings. The lowest BCUT2D eigenvalue weighted by Gasteiger charge is -2.50. The van der Waals surface area contributed by atoms with E-state index in [2.05, 4.69) is 6.92 Å². The fraction of sp³-hybridized carbons (Fsp3) is 0.939. The van der Waals surface area contributed by atoms with E-state index in [0.29, 0.717) is 12.8 Å². The topological polar surface area (TPSA) is 274 Å². The van der Waals surface area contributed by atoms with Crippen molar-refractivity contribution in [3.8, 4) is 0 Å². The Morgan fingerprint density at radius 1 is 0.565 bits per heavy atom. The highest BCUT2D eigenvalue weighted by Gasteiger charge is 2.57. The van der Waals surface area contributed by atoms with Gasteiger partial charge in [0, 0.05) is 6.42 Å². The molecule has 20 heteroatoms. The molecule has 0 radical (unpaired) electrons. The van der Waals surface area contributed by atoms with E-state index in [0.717, 1.165) is 70.6 Å². The smallest absolute Gasteiger partial charge is 0.309 e. The van der Waals surface area contributed by atoms with Crippen molar-refractivity contribution in [1.82, 2.24) is 0 Å². The zero-order valence-corrected chi connectivity index (χ0v) is 42.1. The normalized spacial score (nSPS) is 42.7. The Labute approximate surface area is 407 Å². The van der Waals surface area contributed by atoms with Crippen molar-refractivity contribution in [1.29, 1.82) is 0 Å². The lowest BCUT2D eigenvalue weighted by Crippen LogP contribution is -2.67. The maximum absolute atomic E-state index is 13.6. The molecule has 5 saturated heterocycles. The summed E-state index contributed by atoms with van der Waals surface area (Å²) >= 11 is 0. The number of rotatable bonds is 13. The van der Waals surface area contributed by atoms with E-state index in [1.54, 1.807) is 34.6 Å². The van der Waals surface area contributed by atoms with Gasteiger partial charge in [-0.3, -0.25) is 14.4 Å². The quantitative estimate of drug-likeness (QED) is 0.0878. The van der Waals surface area contributed by atoms with Gasteiger partial charge in [0.25, 0.3) is 0 Å². The second-order valence-corrected chi connectivity index (χ2v) is 20.1. The standard InChI is InChI=1S/C49H84O20/c1-10-12-18-21-30-22-19-16-14-13-15-17-20-23-31(50)64-40-33(52)27(7)60-49(68-42-34(53)32(51)26(6)59-48(42)63-30)43(40)69-47-37(56)41(66-45(58)25(5)11-2)39(29(9)62-47)67-46-36(55)35(54)38(28(8)61-46)65-44(57)24(3)4/h24-30,32-43,46-49,51-56H,10-23H2,1-9H3/t25-,26+,27+,28+,29-,30+,32+,33+,34-,35+,36+,37+,38-,39-,40-,41-,42+,43+,46-,47-,48-,49-/m0/s1. The van der Waals surface area contributed by atoms with E-state index in [1.807, 2.05) is 0 Å². The van der Waals surface area contributed by atoms with Crippen LogP contribution >= 0.6 is 0 Å². The van der Waals surface area contributed by atoms with Crippen molar-refractivity contribution in [2.45, 2.75) is 281 Å². The van der Waals surface area contributed by atoms with Crippen molar-refractivity contribution >= 4 is 17.9 Å². The van der Waals surface area contributed by atoms with Gasteiger partial charge in [0.05, 0.1) is 42.4 Å². The molecular weight excluding hydrogens is 909 g/mol. The average molecular weight is 993 g/mol. The Morgan fingerprint density at radius 2 is 1.14 bits per heavy atom. The molecule has 5 aliphatic heterocycles. The third kappa shape index (κ3) is 15.2. The molecule has 0 aliphatic carbocycles. The van der Waals surface area contributed by atoms with E-state index in [-0.39, 0.29) is 12.5 Å². The van der Waals surface area contributed by atoms with Gasteiger partial charge in [-0.1, -0.05) is 92.4 Å². The number of unbranched alkanes of at least 4 members (excludes halogenated alkanes) is 2. The van der Waals surface area contributed by atoms with E-state index >= 15 is 0 Å². The Bertz CT molecular complexity index is 1570. The number of esters is 3.